The number of hydrogen-bond donors (Lipinski definition) is 0. The fourth-order valence-electron chi connectivity index (χ4n) is 5.00. The summed E-state index contributed by atoms with van der Waals surface area (Å²) in [5, 5.41) is 0.511. The Hall–Kier alpha value is -3.16. The van der Waals surface area contributed by atoms with Gasteiger partial charge in [-0.1, -0.05) is 23.8 Å². The number of nitrogens with zero attached hydrogens (tertiary/aromatic N) is 2. The van der Waals surface area contributed by atoms with Gasteiger partial charge in [-0.25, -0.2) is 0 Å². The first-order chi connectivity index (χ1) is 16.9. The zero-order valence-corrected chi connectivity index (χ0v) is 20.6. The van der Waals surface area contributed by atoms with E-state index in [0.29, 0.717) is 23.1 Å². The molecule has 3 heterocycles. The average Bonchev–Trinajstić information content (AvgIpc) is 3.12. The maximum absolute atomic E-state index is 13.7. The van der Waals surface area contributed by atoms with E-state index in [2.05, 4.69) is 4.90 Å². The molecule has 1 fully saturated rings. The zero-order valence-electron chi connectivity index (χ0n) is 20.6. The van der Waals surface area contributed by atoms with Crippen LogP contribution in [0.4, 0.5) is 0 Å². The van der Waals surface area contributed by atoms with Crippen LogP contribution in [0.5, 0.6) is 5.75 Å². The van der Waals surface area contributed by atoms with Crippen LogP contribution in [-0.4, -0.2) is 61.2 Å². The first kappa shape index (κ1) is 23.6. The summed E-state index contributed by atoms with van der Waals surface area (Å²) in [5.41, 5.74) is 2.59. The van der Waals surface area contributed by atoms with E-state index >= 15 is 0 Å². The lowest BCUT2D eigenvalue weighted by Gasteiger charge is -2.29. The molecular weight excluding hydrogens is 444 g/mol. The molecular formula is C28H32N2O5. The van der Waals surface area contributed by atoms with Crippen LogP contribution in [0.15, 0.2) is 51.7 Å². The summed E-state index contributed by atoms with van der Waals surface area (Å²) in [6, 6.07) is 12.7. The third-order valence-corrected chi connectivity index (χ3v) is 6.67. The van der Waals surface area contributed by atoms with E-state index in [1.165, 1.54) is 0 Å². The van der Waals surface area contributed by atoms with E-state index in [-0.39, 0.29) is 23.2 Å². The first-order valence-electron chi connectivity index (χ1n) is 12.4. The summed E-state index contributed by atoms with van der Waals surface area (Å²) >= 11 is 0. The van der Waals surface area contributed by atoms with Crippen LogP contribution in [-0.2, 0) is 4.74 Å². The Kier molecular flexibility index (Phi) is 6.62. The third kappa shape index (κ3) is 4.70. The molecule has 0 spiro atoms. The molecule has 0 bridgehead atoms. The van der Waals surface area contributed by atoms with Crippen LogP contribution in [0, 0.1) is 6.92 Å². The molecule has 0 radical (unpaired) electrons. The van der Waals surface area contributed by atoms with Crippen LogP contribution < -0.4 is 10.2 Å². The lowest BCUT2D eigenvalue weighted by Crippen LogP contribution is -2.38. The van der Waals surface area contributed by atoms with Crippen molar-refractivity contribution in [3.05, 3.63) is 75.1 Å². The fourth-order valence-corrected chi connectivity index (χ4v) is 5.00. The molecule has 0 aliphatic carbocycles. The van der Waals surface area contributed by atoms with Crippen molar-refractivity contribution in [1.29, 1.82) is 0 Å². The van der Waals surface area contributed by atoms with Crippen molar-refractivity contribution in [2.24, 2.45) is 0 Å². The van der Waals surface area contributed by atoms with Crippen LogP contribution in [0.25, 0.3) is 11.0 Å². The van der Waals surface area contributed by atoms with Crippen molar-refractivity contribution < 1.29 is 18.7 Å². The van der Waals surface area contributed by atoms with Crippen LogP contribution in [0.3, 0.4) is 0 Å². The number of benzene rings is 2. The number of aryl methyl sites for hydroxylation is 1. The third-order valence-electron chi connectivity index (χ3n) is 6.67. The van der Waals surface area contributed by atoms with Crippen molar-refractivity contribution in [2.45, 2.75) is 39.3 Å². The minimum Gasteiger partial charge on any atom is -0.491 e. The van der Waals surface area contributed by atoms with Crippen molar-refractivity contribution in [1.82, 2.24) is 9.80 Å². The van der Waals surface area contributed by atoms with Gasteiger partial charge in [-0.05, 0) is 57.0 Å². The van der Waals surface area contributed by atoms with Gasteiger partial charge in [-0.15, -0.1) is 0 Å². The zero-order chi connectivity index (χ0) is 24.5. The largest absolute Gasteiger partial charge is 0.491 e. The predicted octanol–water partition coefficient (Wildman–Crippen LogP) is 4.16. The number of rotatable bonds is 7. The van der Waals surface area contributed by atoms with Crippen LogP contribution in [0.1, 0.15) is 53.6 Å². The summed E-state index contributed by atoms with van der Waals surface area (Å²) in [4.78, 5) is 31.4. The Morgan fingerprint density at radius 2 is 1.77 bits per heavy atom. The SMILES string of the molecule is Cc1ccc2oc3c(c(=O)c2c1)[C@@H](c1ccc(OC(C)C)cc1)N(CCCN1CCOCC1)C3=O. The Morgan fingerprint density at radius 1 is 1.03 bits per heavy atom. The monoisotopic (exact) mass is 476 g/mol. The summed E-state index contributed by atoms with van der Waals surface area (Å²) < 4.78 is 17.3. The molecule has 7 heteroatoms. The molecule has 0 unspecified atom stereocenters. The number of hydrogen-bond acceptors (Lipinski definition) is 6. The number of amides is 1. The van der Waals surface area contributed by atoms with E-state index in [4.69, 9.17) is 13.9 Å². The molecule has 2 aliphatic rings. The van der Waals surface area contributed by atoms with Crippen molar-refractivity contribution in [3.8, 4) is 5.75 Å². The van der Waals surface area contributed by atoms with E-state index in [1.807, 2.05) is 57.2 Å². The molecule has 3 aromatic rings. The van der Waals surface area contributed by atoms with E-state index < -0.39 is 6.04 Å². The van der Waals surface area contributed by atoms with E-state index in [9.17, 15) is 9.59 Å². The minimum absolute atomic E-state index is 0.0629. The maximum atomic E-state index is 13.7. The van der Waals surface area contributed by atoms with E-state index in [1.54, 1.807) is 11.0 Å². The second kappa shape index (κ2) is 9.84. The normalized spacial score (nSPS) is 18.5. The van der Waals surface area contributed by atoms with Gasteiger partial charge >= 0.3 is 0 Å². The highest BCUT2D eigenvalue weighted by atomic mass is 16.5. The Labute approximate surface area is 205 Å². The molecule has 1 atom stereocenters. The molecule has 184 valence electrons. The number of ether oxygens (including phenoxy) is 2. The number of carbonyl (C=O) groups is 1. The van der Waals surface area contributed by atoms with Gasteiger partial charge in [0.05, 0.1) is 36.3 Å². The first-order valence-corrected chi connectivity index (χ1v) is 12.4. The molecule has 1 saturated heterocycles. The van der Waals surface area contributed by atoms with Crippen molar-refractivity contribution in [3.63, 3.8) is 0 Å². The van der Waals surface area contributed by atoms with Gasteiger partial charge < -0.3 is 18.8 Å². The highest BCUT2D eigenvalue weighted by Crippen LogP contribution is 2.38. The fraction of sp³-hybridized carbons (Fsp3) is 0.429. The molecule has 5 rings (SSSR count). The van der Waals surface area contributed by atoms with Crippen LogP contribution >= 0.6 is 0 Å². The van der Waals surface area contributed by atoms with Gasteiger partial charge in [0.25, 0.3) is 5.91 Å². The van der Waals surface area contributed by atoms with Gasteiger partial charge in [0.15, 0.2) is 5.43 Å². The maximum Gasteiger partial charge on any atom is 0.290 e. The number of carbonyl (C=O) groups excluding carboxylic acids is 1. The molecule has 7 nitrogen and oxygen atoms in total. The number of fused-ring (bicyclic) bond motifs is 2. The average molecular weight is 477 g/mol. The number of morpholine rings is 1. The molecule has 0 saturated carbocycles. The van der Waals surface area contributed by atoms with Gasteiger partial charge in [0.1, 0.15) is 11.3 Å². The highest BCUT2D eigenvalue weighted by Gasteiger charge is 2.42. The lowest BCUT2D eigenvalue weighted by atomic mass is 9.98. The summed E-state index contributed by atoms with van der Waals surface area (Å²) in [7, 11) is 0. The Bertz CT molecular complexity index is 1270. The smallest absolute Gasteiger partial charge is 0.290 e. The molecule has 2 aliphatic heterocycles. The molecule has 1 aromatic heterocycles. The van der Waals surface area contributed by atoms with Crippen LogP contribution in [0.2, 0.25) is 0 Å². The van der Waals surface area contributed by atoms with E-state index in [0.717, 1.165) is 56.1 Å². The summed E-state index contributed by atoms with van der Waals surface area (Å²) in [5.74, 6) is 0.688. The summed E-state index contributed by atoms with van der Waals surface area (Å²) in [6.45, 7) is 10.6. The highest BCUT2D eigenvalue weighted by molar-refractivity contribution is 5.99. The van der Waals surface area contributed by atoms with Gasteiger partial charge in [-0.3, -0.25) is 14.5 Å². The van der Waals surface area contributed by atoms with Gasteiger partial charge in [0.2, 0.25) is 5.76 Å². The second-order valence-electron chi connectivity index (χ2n) is 9.62. The quantitative estimate of drug-likeness (QED) is 0.510. The molecule has 1 amide bonds. The second-order valence-corrected chi connectivity index (χ2v) is 9.62. The van der Waals surface area contributed by atoms with Crippen molar-refractivity contribution in [2.75, 3.05) is 39.4 Å². The van der Waals surface area contributed by atoms with Gasteiger partial charge in [-0.2, -0.15) is 0 Å². The lowest BCUT2D eigenvalue weighted by molar-refractivity contribution is 0.0353. The van der Waals surface area contributed by atoms with Gasteiger partial charge in [0, 0.05) is 26.2 Å². The Balaban J connectivity index is 1.51. The standard InChI is InChI=1S/C28H32N2O5/c1-18(2)34-21-8-6-20(7-9-21)25-24-26(31)22-17-19(3)5-10-23(22)35-27(24)28(32)30(25)12-4-11-29-13-15-33-16-14-29/h5-10,17-18,25H,4,11-16H2,1-3H3/t25-/m1/s1. The molecule has 2 aromatic carbocycles. The minimum atomic E-state index is -0.489. The Morgan fingerprint density at radius 3 is 2.49 bits per heavy atom. The summed E-state index contributed by atoms with van der Waals surface area (Å²) in [6.07, 6.45) is 0.866. The predicted molar refractivity (Wildman–Crippen MR) is 134 cm³/mol. The van der Waals surface area contributed by atoms with Crippen molar-refractivity contribution >= 4 is 16.9 Å². The molecule has 35 heavy (non-hydrogen) atoms. The topological polar surface area (TPSA) is 72.2 Å². The molecule has 0 N–H and O–H groups in total.